The van der Waals surface area contributed by atoms with Gasteiger partial charge in [0.15, 0.2) is 4.99 Å². The van der Waals surface area contributed by atoms with Crippen LogP contribution in [0.1, 0.15) is 5.56 Å². The number of benzene rings is 1. The zero-order valence-electron chi connectivity index (χ0n) is 6.60. The fraction of sp³-hybridized carbons (Fsp3) is 0.125. The second-order valence-corrected chi connectivity index (χ2v) is 2.51. The summed E-state index contributed by atoms with van der Waals surface area (Å²) in [4.78, 5) is 4.76. The van der Waals surface area contributed by atoms with Gasteiger partial charge in [-0.3, -0.25) is 10.0 Å². The molecule has 0 unspecified atom stereocenters. The van der Waals surface area contributed by atoms with Crippen molar-refractivity contribution in [2.75, 3.05) is 7.11 Å². The van der Waals surface area contributed by atoms with Gasteiger partial charge in [-0.15, -0.1) is 5.23 Å². The van der Waals surface area contributed by atoms with E-state index in [0.29, 0.717) is 5.23 Å². The molecule has 12 heavy (non-hydrogen) atoms. The number of thiocarbonyl (C=S) groups is 1. The Kier molecular flexibility index (Phi) is 3.16. The minimum atomic E-state index is 0.248. The number of rotatable bonds is 2. The van der Waals surface area contributed by atoms with Crippen LogP contribution in [0.25, 0.3) is 0 Å². The van der Waals surface area contributed by atoms with Gasteiger partial charge in [0.1, 0.15) is 0 Å². The van der Waals surface area contributed by atoms with Crippen molar-refractivity contribution in [3.05, 3.63) is 35.9 Å². The van der Waals surface area contributed by atoms with Crippen LogP contribution < -0.4 is 0 Å². The molecule has 0 aliphatic carbocycles. The standard InChI is InChI=1S/C8H9NO2S/c1-11-9(10)8(12)7-5-3-2-4-6-7/h2-6,10H,1H3. The van der Waals surface area contributed by atoms with Gasteiger partial charge in [-0.25, -0.2) is 0 Å². The van der Waals surface area contributed by atoms with Gasteiger partial charge in [0.2, 0.25) is 0 Å². The second-order valence-electron chi connectivity index (χ2n) is 2.13. The molecule has 64 valence electrons. The van der Waals surface area contributed by atoms with Gasteiger partial charge in [-0.05, 0) is 0 Å². The fourth-order valence-corrected chi connectivity index (χ4v) is 0.985. The Morgan fingerprint density at radius 1 is 1.42 bits per heavy atom. The maximum atomic E-state index is 9.05. The number of nitrogens with zero attached hydrogens (tertiary/aromatic N) is 1. The molecule has 0 aliphatic heterocycles. The number of hydrogen-bond acceptors (Lipinski definition) is 3. The molecular weight excluding hydrogens is 174 g/mol. The highest BCUT2D eigenvalue weighted by molar-refractivity contribution is 7.80. The lowest BCUT2D eigenvalue weighted by molar-refractivity contribution is -0.264. The molecule has 4 heteroatoms. The Bertz CT molecular complexity index is 263. The molecule has 1 aromatic rings. The van der Waals surface area contributed by atoms with E-state index in [1.54, 1.807) is 12.1 Å². The minimum absolute atomic E-state index is 0.248. The first-order valence-electron chi connectivity index (χ1n) is 3.38. The van der Waals surface area contributed by atoms with Crippen LogP contribution in [0.3, 0.4) is 0 Å². The van der Waals surface area contributed by atoms with Crippen molar-refractivity contribution in [3.8, 4) is 0 Å². The summed E-state index contributed by atoms with van der Waals surface area (Å²) >= 11 is 4.89. The van der Waals surface area contributed by atoms with Crippen LogP contribution >= 0.6 is 12.2 Å². The molecule has 1 aromatic carbocycles. The van der Waals surface area contributed by atoms with Crippen molar-refractivity contribution in [3.63, 3.8) is 0 Å². The average Bonchev–Trinajstić information content (AvgIpc) is 2.17. The van der Waals surface area contributed by atoms with E-state index in [-0.39, 0.29) is 4.99 Å². The van der Waals surface area contributed by atoms with Gasteiger partial charge in [0.25, 0.3) is 0 Å². The van der Waals surface area contributed by atoms with E-state index in [1.807, 2.05) is 18.2 Å². The lowest BCUT2D eigenvalue weighted by Gasteiger charge is -2.13. The molecule has 0 radical (unpaired) electrons. The molecule has 0 saturated carbocycles. The average molecular weight is 183 g/mol. The largest absolute Gasteiger partial charge is 0.263 e. The summed E-state index contributed by atoms with van der Waals surface area (Å²) in [6, 6.07) is 9.14. The molecule has 0 bridgehead atoms. The lowest BCUT2D eigenvalue weighted by atomic mass is 10.2. The zero-order valence-corrected chi connectivity index (χ0v) is 7.41. The van der Waals surface area contributed by atoms with Gasteiger partial charge in [0, 0.05) is 5.56 Å². The van der Waals surface area contributed by atoms with Crippen molar-refractivity contribution in [1.29, 1.82) is 0 Å². The van der Waals surface area contributed by atoms with Crippen molar-refractivity contribution < 1.29 is 10.0 Å². The Morgan fingerprint density at radius 2 is 2.00 bits per heavy atom. The highest BCUT2D eigenvalue weighted by Crippen LogP contribution is 2.03. The molecule has 0 amide bonds. The van der Waals surface area contributed by atoms with Crippen LogP contribution in [0.15, 0.2) is 30.3 Å². The SMILES string of the molecule is CON(O)C(=S)c1ccccc1. The molecule has 0 aliphatic rings. The molecule has 1 rings (SSSR count). The third-order valence-corrected chi connectivity index (χ3v) is 1.76. The third kappa shape index (κ3) is 2.01. The van der Waals surface area contributed by atoms with E-state index in [0.717, 1.165) is 5.56 Å². The molecule has 0 fully saturated rings. The van der Waals surface area contributed by atoms with Gasteiger partial charge in [-0.2, -0.15) is 0 Å². The monoisotopic (exact) mass is 183 g/mol. The summed E-state index contributed by atoms with van der Waals surface area (Å²) < 4.78 is 0. The Morgan fingerprint density at radius 3 is 2.50 bits per heavy atom. The van der Waals surface area contributed by atoms with Crippen LogP contribution in [0.4, 0.5) is 0 Å². The number of hydroxylamine groups is 2. The molecule has 3 nitrogen and oxygen atoms in total. The normalized spacial score (nSPS) is 9.50. The van der Waals surface area contributed by atoms with E-state index < -0.39 is 0 Å². The Hall–Kier alpha value is -0.970. The topological polar surface area (TPSA) is 32.7 Å². The minimum Gasteiger partial charge on any atom is -0.263 e. The molecule has 0 aromatic heterocycles. The molecular formula is C8H9NO2S. The van der Waals surface area contributed by atoms with E-state index >= 15 is 0 Å². The van der Waals surface area contributed by atoms with Crippen molar-refractivity contribution in [2.45, 2.75) is 0 Å². The van der Waals surface area contributed by atoms with Crippen molar-refractivity contribution in [1.82, 2.24) is 5.23 Å². The van der Waals surface area contributed by atoms with Crippen LogP contribution in [0.5, 0.6) is 0 Å². The van der Waals surface area contributed by atoms with Crippen molar-refractivity contribution >= 4 is 17.2 Å². The summed E-state index contributed by atoms with van der Waals surface area (Å²) in [7, 11) is 1.34. The summed E-state index contributed by atoms with van der Waals surface area (Å²) in [6.07, 6.45) is 0. The maximum absolute atomic E-state index is 9.05. The molecule has 0 heterocycles. The smallest absolute Gasteiger partial charge is 0.164 e. The summed E-state index contributed by atoms with van der Waals surface area (Å²) in [5.41, 5.74) is 0.747. The van der Waals surface area contributed by atoms with Crippen LogP contribution in [-0.4, -0.2) is 22.5 Å². The highest BCUT2D eigenvalue weighted by atomic mass is 32.1. The second kappa shape index (κ2) is 4.15. The van der Waals surface area contributed by atoms with Crippen LogP contribution in [0.2, 0.25) is 0 Å². The predicted molar refractivity (Wildman–Crippen MR) is 48.8 cm³/mol. The maximum Gasteiger partial charge on any atom is 0.164 e. The third-order valence-electron chi connectivity index (χ3n) is 1.37. The Labute approximate surface area is 76.1 Å². The van der Waals surface area contributed by atoms with Crippen molar-refractivity contribution in [2.24, 2.45) is 0 Å². The van der Waals surface area contributed by atoms with E-state index in [1.165, 1.54) is 7.11 Å². The number of hydrogen-bond donors (Lipinski definition) is 1. The molecule has 1 N–H and O–H groups in total. The van der Waals surface area contributed by atoms with E-state index in [2.05, 4.69) is 4.84 Å². The van der Waals surface area contributed by atoms with Gasteiger partial charge >= 0.3 is 0 Å². The molecule has 0 spiro atoms. The predicted octanol–water partition coefficient (Wildman–Crippen LogP) is 1.61. The van der Waals surface area contributed by atoms with Crippen LogP contribution in [0, 0.1) is 0 Å². The first kappa shape index (κ1) is 9.12. The molecule has 0 atom stereocenters. The first-order valence-corrected chi connectivity index (χ1v) is 3.79. The Balaban J connectivity index is 2.79. The van der Waals surface area contributed by atoms with Gasteiger partial charge in [0.05, 0.1) is 7.11 Å². The fourth-order valence-electron chi connectivity index (χ4n) is 0.774. The molecule has 0 saturated heterocycles. The lowest BCUT2D eigenvalue weighted by Crippen LogP contribution is -2.24. The van der Waals surface area contributed by atoms with E-state index in [4.69, 9.17) is 17.4 Å². The van der Waals surface area contributed by atoms with Gasteiger partial charge in [-0.1, -0.05) is 42.5 Å². The van der Waals surface area contributed by atoms with E-state index in [9.17, 15) is 0 Å². The summed E-state index contributed by atoms with van der Waals surface area (Å²) in [5, 5.41) is 9.61. The quantitative estimate of drug-likeness (QED) is 0.558. The van der Waals surface area contributed by atoms with Crippen LogP contribution in [-0.2, 0) is 4.84 Å². The zero-order chi connectivity index (χ0) is 8.97. The summed E-state index contributed by atoms with van der Waals surface area (Å²) in [6.45, 7) is 0. The summed E-state index contributed by atoms with van der Waals surface area (Å²) in [5.74, 6) is 0. The first-order chi connectivity index (χ1) is 5.75. The highest BCUT2D eigenvalue weighted by Gasteiger charge is 2.06. The van der Waals surface area contributed by atoms with Gasteiger partial charge < -0.3 is 0 Å².